The van der Waals surface area contributed by atoms with Gasteiger partial charge in [-0.2, -0.15) is 10.2 Å². The van der Waals surface area contributed by atoms with Crippen LogP contribution >= 0.6 is 11.8 Å². The van der Waals surface area contributed by atoms with Crippen molar-refractivity contribution in [2.24, 2.45) is 7.05 Å². The average Bonchev–Trinajstić information content (AvgIpc) is 3.44. The molecule has 0 saturated carbocycles. The first-order valence-electron chi connectivity index (χ1n) is 11.0. The fourth-order valence-electron chi connectivity index (χ4n) is 3.72. The van der Waals surface area contributed by atoms with Gasteiger partial charge in [-0.1, -0.05) is 29.5 Å². The Balaban J connectivity index is 1.45. The van der Waals surface area contributed by atoms with Crippen molar-refractivity contribution in [2.45, 2.75) is 23.6 Å². The first-order valence-corrected chi connectivity index (χ1v) is 11.8. The van der Waals surface area contributed by atoms with E-state index in [-0.39, 0.29) is 11.4 Å². The third-order valence-corrected chi connectivity index (χ3v) is 6.70. The molecule has 0 fully saturated rings. The first kappa shape index (κ1) is 23.2. The van der Waals surface area contributed by atoms with Crippen LogP contribution in [0.15, 0.2) is 76.8 Å². The topological polar surface area (TPSA) is 120 Å². The molecule has 0 bridgehead atoms. The smallest absolute Gasteiger partial charge is 0.276 e. The zero-order valence-electron chi connectivity index (χ0n) is 19.7. The lowest BCUT2D eigenvalue weighted by atomic mass is 10.2. The number of amides is 1. The summed E-state index contributed by atoms with van der Waals surface area (Å²) in [6, 6.07) is 15.7. The summed E-state index contributed by atoms with van der Waals surface area (Å²) in [7, 11) is 1.85. The summed E-state index contributed by atoms with van der Waals surface area (Å²) in [5, 5.41) is 23.0. The van der Waals surface area contributed by atoms with Gasteiger partial charge < -0.3 is 5.32 Å². The number of hydrogen-bond acceptors (Lipinski definition) is 7. The highest BCUT2D eigenvalue weighted by molar-refractivity contribution is 7.99. The lowest BCUT2D eigenvalue weighted by Crippen LogP contribution is -2.13. The van der Waals surface area contributed by atoms with E-state index in [0.29, 0.717) is 16.2 Å². The van der Waals surface area contributed by atoms with Crippen molar-refractivity contribution in [2.75, 3.05) is 5.32 Å². The van der Waals surface area contributed by atoms with Crippen molar-refractivity contribution in [3.8, 4) is 11.3 Å². The molecule has 11 heteroatoms. The molecule has 3 aromatic heterocycles. The molecule has 0 atom stereocenters. The summed E-state index contributed by atoms with van der Waals surface area (Å²) in [6.07, 6.45) is 3.39. The van der Waals surface area contributed by atoms with Crippen LogP contribution in [0.25, 0.3) is 16.9 Å². The molecule has 0 radical (unpaired) electrons. The molecular formula is C25H21N7O3S. The van der Waals surface area contributed by atoms with E-state index in [9.17, 15) is 14.9 Å². The number of aromatic nitrogens is 5. The molecule has 3 heterocycles. The van der Waals surface area contributed by atoms with Gasteiger partial charge in [0, 0.05) is 58.2 Å². The van der Waals surface area contributed by atoms with Crippen LogP contribution in [0.3, 0.4) is 0 Å². The normalized spacial score (nSPS) is 11.1. The molecule has 5 rings (SSSR count). The van der Waals surface area contributed by atoms with E-state index in [0.717, 1.165) is 27.4 Å². The molecule has 1 amide bonds. The summed E-state index contributed by atoms with van der Waals surface area (Å²) in [5.41, 5.74) is 4.50. The summed E-state index contributed by atoms with van der Waals surface area (Å²) in [4.78, 5) is 30.0. The van der Waals surface area contributed by atoms with Crippen molar-refractivity contribution in [1.82, 2.24) is 24.4 Å². The van der Waals surface area contributed by atoms with Crippen LogP contribution in [-0.4, -0.2) is 35.2 Å². The van der Waals surface area contributed by atoms with Crippen molar-refractivity contribution in [3.63, 3.8) is 0 Å². The number of nitro groups is 1. The molecule has 1 N–H and O–H groups in total. The van der Waals surface area contributed by atoms with Gasteiger partial charge >= 0.3 is 0 Å². The number of benzene rings is 2. The first-order chi connectivity index (χ1) is 17.3. The standard InChI is InChI=1S/C25H21N7O3S/c1-15-4-6-19(7-5-15)36-20-11-17(10-18(12-20)32(34)35)28-25(33)22-13-24-26-9-8-23(31(24)29-22)21-14-27-30(3)16(21)2/h4-14H,1-3H3,(H,28,33). The maximum absolute atomic E-state index is 13.1. The number of carbonyl (C=O) groups is 1. The van der Waals surface area contributed by atoms with Crippen LogP contribution in [0, 0.1) is 24.0 Å². The zero-order chi connectivity index (χ0) is 25.4. The molecule has 0 saturated heterocycles. The van der Waals surface area contributed by atoms with Crippen molar-refractivity contribution >= 4 is 34.7 Å². The van der Waals surface area contributed by atoms with Crippen LogP contribution in [0.2, 0.25) is 0 Å². The molecule has 10 nitrogen and oxygen atoms in total. The van der Waals surface area contributed by atoms with Gasteiger partial charge in [-0.3, -0.25) is 19.6 Å². The van der Waals surface area contributed by atoms with Crippen LogP contribution in [0.5, 0.6) is 0 Å². The van der Waals surface area contributed by atoms with Gasteiger partial charge in [0.2, 0.25) is 0 Å². The van der Waals surface area contributed by atoms with Crippen molar-refractivity contribution in [3.05, 3.63) is 94.1 Å². The minimum Gasteiger partial charge on any atom is -0.320 e. The Kier molecular flexibility index (Phi) is 5.98. The Bertz CT molecular complexity index is 1620. The molecule has 0 aliphatic rings. The number of nitrogens with one attached hydrogen (secondary N) is 1. The van der Waals surface area contributed by atoms with Gasteiger partial charge in [0.25, 0.3) is 11.6 Å². The van der Waals surface area contributed by atoms with E-state index in [1.54, 1.807) is 39.8 Å². The molecule has 0 aliphatic carbocycles. The summed E-state index contributed by atoms with van der Waals surface area (Å²) in [5.74, 6) is -0.499. The van der Waals surface area contributed by atoms with Crippen LogP contribution in [0.4, 0.5) is 11.4 Å². The SMILES string of the molecule is Cc1ccc(Sc2cc(NC(=O)c3cc4nccc(-c5cnn(C)c5C)n4n3)cc([N+](=O)[O-])c2)cc1. The van der Waals surface area contributed by atoms with Gasteiger partial charge in [-0.15, -0.1) is 0 Å². The lowest BCUT2D eigenvalue weighted by Gasteiger charge is -2.07. The van der Waals surface area contributed by atoms with Crippen LogP contribution in [0.1, 0.15) is 21.7 Å². The fourth-order valence-corrected chi connectivity index (χ4v) is 4.63. The van der Waals surface area contributed by atoms with Gasteiger partial charge in [-0.05, 0) is 38.1 Å². The van der Waals surface area contributed by atoms with E-state index < -0.39 is 10.8 Å². The Labute approximate surface area is 210 Å². The number of carbonyl (C=O) groups excluding carboxylic acids is 1. The highest BCUT2D eigenvalue weighted by Gasteiger charge is 2.18. The summed E-state index contributed by atoms with van der Waals surface area (Å²) >= 11 is 1.38. The van der Waals surface area contributed by atoms with Gasteiger partial charge in [0.15, 0.2) is 11.3 Å². The van der Waals surface area contributed by atoms with Gasteiger partial charge in [0.05, 0.1) is 16.8 Å². The average molecular weight is 500 g/mol. The Morgan fingerprint density at radius 2 is 1.83 bits per heavy atom. The van der Waals surface area contributed by atoms with Crippen LogP contribution < -0.4 is 5.32 Å². The largest absolute Gasteiger partial charge is 0.320 e. The lowest BCUT2D eigenvalue weighted by molar-refractivity contribution is -0.385. The zero-order valence-corrected chi connectivity index (χ0v) is 20.5. The fraction of sp³-hybridized carbons (Fsp3) is 0.120. The molecule has 0 spiro atoms. The molecule has 180 valence electrons. The summed E-state index contributed by atoms with van der Waals surface area (Å²) in [6.45, 7) is 3.94. The molecule has 36 heavy (non-hydrogen) atoms. The number of nitro benzene ring substituents is 1. The molecule has 5 aromatic rings. The Morgan fingerprint density at radius 1 is 1.06 bits per heavy atom. The number of rotatable bonds is 6. The second-order valence-electron chi connectivity index (χ2n) is 8.24. The van der Waals surface area contributed by atoms with Crippen LogP contribution in [-0.2, 0) is 7.05 Å². The predicted molar refractivity (Wildman–Crippen MR) is 136 cm³/mol. The van der Waals surface area contributed by atoms with Crippen molar-refractivity contribution < 1.29 is 9.72 Å². The molecule has 2 aromatic carbocycles. The number of nitrogens with zero attached hydrogens (tertiary/aromatic N) is 6. The Hall–Kier alpha value is -4.51. The minimum atomic E-state index is -0.499. The van der Waals surface area contributed by atoms with Gasteiger partial charge in [0.1, 0.15) is 0 Å². The predicted octanol–water partition coefficient (Wildman–Crippen LogP) is 5.06. The Morgan fingerprint density at radius 3 is 2.53 bits per heavy atom. The number of non-ortho nitro benzene ring substituents is 1. The van der Waals surface area contributed by atoms with E-state index in [1.165, 1.54) is 23.9 Å². The second-order valence-corrected chi connectivity index (χ2v) is 9.39. The highest BCUT2D eigenvalue weighted by Crippen LogP contribution is 2.33. The van der Waals surface area contributed by atoms with E-state index in [4.69, 9.17) is 0 Å². The van der Waals surface area contributed by atoms with Crippen molar-refractivity contribution in [1.29, 1.82) is 0 Å². The van der Waals surface area contributed by atoms with E-state index in [1.807, 2.05) is 45.2 Å². The quantitative estimate of drug-likeness (QED) is 0.256. The van der Waals surface area contributed by atoms with E-state index >= 15 is 0 Å². The number of hydrogen-bond donors (Lipinski definition) is 1. The number of fused-ring (bicyclic) bond motifs is 1. The third-order valence-electron chi connectivity index (χ3n) is 5.72. The maximum Gasteiger partial charge on any atom is 0.276 e. The van der Waals surface area contributed by atoms with E-state index in [2.05, 4.69) is 20.5 Å². The molecule has 0 aliphatic heterocycles. The van der Waals surface area contributed by atoms with Gasteiger partial charge in [-0.25, -0.2) is 9.50 Å². The molecular weight excluding hydrogens is 478 g/mol. The second kappa shape index (κ2) is 9.27. The maximum atomic E-state index is 13.1. The minimum absolute atomic E-state index is 0.117. The summed E-state index contributed by atoms with van der Waals surface area (Å²) < 4.78 is 3.35. The number of anilines is 1. The number of aryl methyl sites for hydroxylation is 2. The highest BCUT2D eigenvalue weighted by atomic mass is 32.2. The molecule has 0 unspecified atom stereocenters. The third kappa shape index (κ3) is 4.56. The monoisotopic (exact) mass is 499 g/mol.